The van der Waals surface area contributed by atoms with Gasteiger partial charge in [-0.15, -0.1) is 0 Å². The number of hydrogen-bond acceptors (Lipinski definition) is 1. The summed E-state index contributed by atoms with van der Waals surface area (Å²) in [5.41, 5.74) is 2.36. The van der Waals surface area contributed by atoms with Crippen molar-refractivity contribution in [1.82, 2.24) is 5.32 Å². The molecule has 2 heteroatoms. The Morgan fingerprint density at radius 1 is 1.25 bits per heavy atom. The van der Waals surface area contributed by atoms with Crippen molar-refractivity contribution in [3.8, 4) is 0 Å². The Balaban J connectivity index is 2.08. The fraction of sp³-hybridized carbons (Fsp3) is 0.667. The van der Waals surface area contributed by atoms with Gasteiger partial charge < -0.3 is 5.32 Å². The van der Waals surface area contributed by atoms with Gasteiger partial charge >= 0.3 is 0 Å². The van der Waals surface area contributed by atoms with Crippen LogP contribution >= 0.6 is 0 Å². The Bertz CT molecular complexity index is 410. The van der Waals surface area contributed by atoms with E-state index >= 15 is 0 Å². The summed E-state index contributed by atoms with van der Waals surface area (Å²) >= 11 is 0. The first-order valence-corrected chi connectivity index (χ1v) is 8.20. The van der Waals surface area contributed by atoms with Crippen molar-refractivity contribution < 1.29 is 4.39 Å². The lowest BCUT2D eigenvalue weighted by atomic mass is 9.82. The Kier molecular flexibility index (Phi) is 6.03. The van der Waals surface area contributed by atoms with Crippen molar-refractivity contribution in [1.29, 1.82) is 0 Å². The standard InChI is InChI=1S/C18H28FN/c1-3-11-20-18(13-15-7-5-4-6-8-15)17-10-9-16(19)12-14(17)2/h9-10,12,15,18,20H,3-8,11,13H2,1-2H3. The molecule has 0 amide bonds. The van der Waals surface area contributed by atoms with E-state index in [1.165, 1.54) is 44.1 Å². The Morgan fingerprint density at radius 2 is 2.00 bits per heavy atom. The summed E-state index contributed by atoms with van der Waals surface area (Å²) in [5, 5.41) is 3.67. The van der Waals surface area contributed by atoms with Gasteiger partial charge in [-0.1, -0.05) is 45.1 Å². The van der Waals surface area contributed by atoms with E-state index in [-0.39, 0.29) is 5.82 Å². The van der Waals surface area contributed by atoms with Gasteiger partial charge in [0.2, 0.25) is 0 Å². The number of hydrogen-bond donors (Lipinski definition) is 1. The number of halogens is 1. The van der Waals surface area contributed by atoms with Crippen LogP contribution in [0.3, 0.4) is 0 Å². The highest BCUT2D eigenvalue weighted by Gasteiger charge is 2.21. The Morgan fingerprint density at radius 3 is 2.65 bits per heavy atom. The predicted octanol–water partition coefficient (Wildman–Crippen LogP) is 5.15. The van der Waals surface area contributed by atoms with Gasteiger partial charge in [-0.25, -0.2) is 4.39 Å². The fourth-order valence-corrected chi connectivity index (χ4v) is 3.43. The van der Waals surface area contributed by atoms with Crippen LogP contribution in [0.15, 0.2) is 18.2 Å². The van der Waals surface area contributed by atoms with Crippen LogP contribution in [0.5, 0.6) is 0 Å². The van der Waals surface area contributed by atoms with Gasteiger partial charge in [0, 0.05) is 6.04 Å². The Labute approximate surface area is 123 Å². The van der Waals surface area contributed by atoms with Gasteiger partial charge in [-0.2, -0.15) is 0 Å². The maximum atomic E-state index is 13.3. The predicted molar refractivity (Wildman–Crippen MR) is 83.4 cm³/mol. The lowest BCUT2D eigenvalue weighted by Crippen LogP contribution is -2.26. The van der Waals surface area contributed by atoms with Crippen LogP contribution in [0, 0.1) is 18.7 Å². The highest BCUT2D eigenvalue weighted by atomic mass is 19.1. The number of nitrogens with one attached hydrogen (secondary N) is 1. The molecule has 20 heavy (non-hydrogen) atoms. The molecule has 1 aliphatic carbocycles. The van der Waals surface area contributed by atoms with Gasteiger partial charge in [0.15, 0.2) is 0 Å². The zero-order chi connectivity index (χ0) is 14.4. The van der Waals surface area contributed by atoms with E-state index in [1.54, 1.807) is 12.1 Å². The molecule has 1 aromatic rings. The molecular weight excluding hydrogens is 249 g/mol. The van der Waals surface area contributed by atoms with Crippen LogP contribution in [-0.2, 0) is 0 Å². The summed E-state index contributed by atoms with van der Waals surface area (Å²) in [5.74, 6) is 0.709. The summed E-state index contributed by atoms with van der Waals surface area (Å²) in [7, 11) is 0. The van der Waals surface area contributed by atoms with Crippen molar-refractivity contribution in [2.45, 2.75) is 64.8 Å². The largest absolute Gasteiger partial charge is 0.310 e. The van der Waals surface area contributed by atoms with Crippen LogP contribution in [0.25, 0.3) is 0 Å². The molecule has 1 saturated carbocycles. The summed E-state index contributed by atoms with van der Waals surface area (Å²) in [6.07, 6.45) is 9.24. The van der Waals surface area contributed by atoms with Crippen molar-refractivity contribution in [3.05, 3.63) is 35.1 Å². The second-order valence-corrected chi connectivity index (χ2v) is 6.25. The molecule has 0 saturated heterocycles. The minimum atomic E-state index is -0.127. The molecule has 0 aromatic heterocycles. The third-order valence-electron chi connectivity index (χ3n) is 4.54. The first kappa shape index (κ1) is 15.5. The van der Waals surface area contributed by atoms with Crippen molar-refractivity contribution in [2.75, 3.05) is 6.54 Å². The highest BCUT2D eigenvalue weighted by Crippen LogP contribution is 2.33. The van der Waals surface area contributed by atoms with E-state index in [4.69, 9.17) is 0 Å². The molecule has 0 heterocycles. The zero-order valence-corrected chi connectivity index (χ0v) is 12.9. The van der Waals surface area contributed by atoms with Crippen LogP contribution in [0.2, 0.25) is 0 Å². The molecule has 1 N–H and O–H groups in total. The maximum Gasteiger partial charge on any atom is 0.123 e. The molecular formula is C18H28FN. The monoisotopic (exact) mass is 277 g/mol. The summed E-state index contributed by atoms with van der Waals surface area (Å²) in [4.78, 5) is 0. The van der Waals surface area contributed by atoms with Crippen LogP contribution in [0.4, 0.5) is 4.39 Å². The van der Waals surface area contributed by atoms with Gasteiger partial charge in [-0.05, 0) is 55.5 Å². The number of rotatable bonds is 6. The lowest BCUT2D eigenvalue weighted by Gasteiger charge is -2.28. The fourth-order valence-electron chi connectivity index (χ4n) is 3.43. The molecule has 1 atom stereocenters. The summed E-state index contributed by atoms with van der Waals surface area (Å²) in [6.45, 7) is 5.26. The number of benzene rings is 1. The lowest BCUT2D eigenvalue weighted by molar-refractivity contribution is 0.299. The van der Waals surface area contributed by atoms with Gasteiger partial charge in [0.25, 0.3) is 0 Å². The second-order valence-electron chi connectivity index (χ2n) is 6.25. The average Bonchev–Trinajstić information content (AvgIpc) is 2.45. The zero-order valence-electron chi connectivity index (χ0n) is 12.9. The normalized spacial score (nSPS) is 18.1. The quantitative estimate of drug-likeness (QED) is 0.758. The third-order valence-corrected chi connectivity index (χ3v) is 4.54. The van der Waals surface area contributed by atoms with Crippen LogP contribution in [0.1, 0.15) is 69.0 Å². The summed E-state index contributed by atoms with van der Waals surface area (Å²) < 4.78 is 13.3. The molecule has 1 aromatic carbocycles. The van der Waals surface area contributed by atoms with Crippen molar-refractivity contribution >= 4 is 0 Å². The maximum absolute atomic E-state index is 13.3. The molecule has 1 unspecified atom stereocenters. The molecule has 0 spiro atoms. The van der Waals surface area contributed by atoms with Gasteiger partial charge in [0.1, 0.15) is 5.82 Å². The van der Waals surface area contributed by atoms with Gasteiger partial charge in [-0.3, -0.25) is 0 Å². The minimum Gasteiger partial charge on any atom is -0.310 e. The third kappa shape index (κ3) is 4.31. The summed E-state index contributed by atoms with van der Waals surface area (Å²) in [6, 6.07) is 5.63. The van der Waals surface area contributed by atoms with E-state index < -0.39 is 0 Å². The molecule has 0 bridgehead atoms. The number of aryl methyl sites for hydroxylation is 1. The van der Waals surface area contributed by atoms with E-state index in [1.807, 2.05) is 13.0 Å². The Hall–Kier alpha value is -0.890. The van der Waals surface area contributed by atoms with Crippen LogP contribution in [-0.4, -0.2) is 6.54 Å². The highest BCUT2D eigenvalue weighted by molar-refractivity contribution is 5.29. The average molecular weight is 277 g/mol. The van der Waals surface area contributed by atoms with Crippen molar-refractivity contribution in [3.63, 3.8) is 0 Å². The first-order valence-electron chi connectivity index (χ1n) is 8.20. The van der Waals surface area contributed by atoms with Gasteiger partial charge in [0.05, 0.1) is 0 Å². The molecule has 1 aliphatic rings. The van der Waals surface area contributed by atoms with Crippen molar-refractivity contribution in [2.24, 2.45) is 5.92 Å². The SMILES string of the molecule is CCCNC(CC1CCCCC1)c1ccc(F)cc1C. The topological polar surface area (TPSA) is 12.0 Å². The molecule has 1 nitrogen and oxygen atoms in total. The molecule has 112 valence electrons. The molecule has 0 radical (unpaired) electrons. The minimum absolute atomic E-state index is 0.127. The first-order chi connectivity index (χ1) is 9.70. The second kappa shape index (κ2) is 7.78. The van der Waals surface area contributed by atoms with E-state index in [2.05, 4.69) is 12.2 Å². The molecule has 0 aliphatic heterocycles. The van der Waals surface area contributed by atoms with E-state index in [9.17, 15) is 4.39 Å². The van der Waals surface area contributed by atoms with Crippen LogP contribution < -0.4 is 5.32 Å². The van der Waals surface area contributed by atoms with E-state index in [0.29, 0.717) is 6.04 Å². The van der Waals surface area contributed by atoms with E-state index in [0.717, 1.165) is 24.4 Å². The molecule has 1 fully saturated rings. The smallest absolute Gasteiger partial charge is 0.123 e. The molecule has 2 rings (SSSR count).